The number of piperidine rings is 1. The molecular formula is C16H30N2OS. The van der Waals surface area contributed by atoms with E-state index in [1.54, 1.807) is 0 Å². The van der Waals surface area contributed by atoms with Gasteiger partial charge < -0.3 is 10.2 Å². The van der Waals surface area contributed by atoms with E-state index in [0.717, 1.165) is 31.2 Å². The summed E-state index contributed by atoms with van der Waals surface area (Å²) >= 11 is 2.10. The van der Waals surface area contributed by atoms with Crippen LogP contribution in [0.15, 0.2) is 0 Å². The van der Waals surface area contributed by atoms with Crippen molar-refractivity contribution in [3.8, 4) is 0 Å². The molecule has 2 fully saturated rings. The highest BCUT2D eigenvalue weighted by atomic mass is 32.2. The normalized spacial score (nSPS) is 29.5. The van der Waals surface area contributed by atoms with Gasteiger partial charge >= 0.3 is 0 Å². The van der Waals surface area contributed by atoms with Crippen molar-refractivity contribution < 1.29 is 4.79 Å². The van der Waals surface area contributed by atoms with Crippen LogP contribution in [0.5, 0.6) is 0 Å². The minimum Gasteiger partial charge on any atom is -0.342 e. The van der Waals surface area contributed by atoms with Crippen LogP contribution in [-0.2, 0) is 4.79 Å². The monoisotopic (exact) mass is 298 g/mol. The fourth-order valence-electron chi connectivity index (χ4n) is 3.17. The van der Waals surface area contributed by atoms with Crippen LogP contribution in [0.4, 0.5) is 0 Å². The Balaban J connectivity index is 1.78. The molecule has 4 heteroatoms. The van der Waals surface area contributed by atoms with Crippen molar-refractivity contribution in [2.24, 2.45) is 5.41 Å². The van der Waals surface area contributed by atoms with Gasteiger partial charge in [-0.2, -0.15) is 11.8 Å². The average molecular weight is 298 g/mol. The van der Waals surface area contributed by atoms with Gasteiger partial charge in [-0.1, -0.05) is 27.7 Å². The Morgan fingerprint density at radius 2 is 1.85 bits per heavy atom. The van der Waals surface area contributed by atoms with Crippen molar-refractivity contribution >= 4 is 17.7 Å². The summed E-state index contributed by atoms with van der Waals surface area (Å²) in [5, 5.41) is 4.58. The molecule has 1 amide bonds. The first-order valence-electron chi connectivity index (χ1n) is 8.05. The standard InChI is InChI=1S/C16H30N2OS/c1-12-14(6-5-11-20-12)17-13-7-9-18(10-8-13)15(19)16(2,3)4/h12-14,17H,5-11H2,1-4H3. The quantitative estimate of drug-likeness (QED) is 0.851. The summed E-state index contributed by atoms with van der Waals surface area (Å²) in [7, 11) is 0. The first kappa shape index (κ1) is 16.2. The summed E-state index contributed by atoms with van der Waals surface area (Å²) in [6.45, 7) is 10.2. The van der Waals surface area contributed by atoms with Crippen molar-refractivity contribution in [1.82, 2.24) is 10.2 Å². The van der Waals surface area contributed by atoms with E-state index in [1.165, 1.54) is 18.6 Å². The molecule has 2 atom stereocenters. The summed E-state index contributed by atoms with van der Waals surface area (Å²) in [5.41, 5.74) is -0.241. The van der Waals surface area contributed by atoms with Gasteiger partial charge in [-0.25, -0.2) is 0 Å². The third-order valence-electron chi connectivity index (χ3n) is 4.48. The Morgan fingerprint density at radius 3 is 2.40 bits per heavy atom. The predicted molar refractivity (Wildman–Crippen MR) is 87.1 cm³/mol. The van der Waals surface area contributed by atoms with Crippen LogP contribution in [0.25, 0.3) is 0 Å². The van der Waals surface area contributed by atoms with Crippen molar-refractivity contribution in [3.63, 3.8) is 0 Å². The van der Waals surface area contributed by atoms with Gasteiger partial charge in [-0.05, 0) is 31.4 Å². The summed E-state index contributed by atoms with van der Waals surface area (Å²) in [6.07, 6.45) is 4.87. The molecule has 0 saturated carbocycles. The maximum atomic E-state index is 12.3. The number of nitrogens with one attached hydrogen (secondary N) is 1. The molecule has 20 heavy (non-hydrogen) atoms. The van der Waals surface area contributed by atoms with E-state index in [9.17, 15) is 4.79 Å². The number of nitrogens with zero attached hydrogens (tertiary/aromatic N) is 1. The number of thioether (sulfide) groups is 1. The van der Waals surface area contributed by atoms with E-state index in [4.69, 9.17) is 0 Å². The number of carbonyl (C=O) groups excluding carboxylic acids is 1. The van der Waals surface area contributed by atoms with Crippen molar-refractivity contribution in [1.29, 1.82) is 0 Å². The second-order valence-corrected chi connectivity index (χ2v) is 8.79. The molecular weight excluding hydrogens is 268 g/mol. The van der Waals surface area contributed by atoms with Gasteiger partial charge in [0.1, 0.15) is 0 Å². The SMILES string of the molecule is CC1SCCCC1NC1CCN(C(=O)C(C)(C)C)CC1. The lowest BCUT2D eigenvalue weighted by Gasteiger charge is -2.39. The zero-order valence-corrected chi connectivity index (χ0v) is 14.3. The molecule has 0 spiro atoms. The summed E-state index contributed by atoms with van der Waals surface area (Å²) in [5.74, 6) is 1.62. The zero-order chi connectivity index (χ0) is 14.8. The van der Waals surface area contributed by atoms with Crippen LogP contribution in [0.2, 0.25) is 0 Å². The van der Waals surface area contributed by atoms with Crippen LogP contribution < -0.4 is 5.32 Å². The number of likely N-dealkylation sites (tertiary alicyclic amines) is 1. The van der Waals surface area contributed by atoms with Gasteiger partial charge in [0, 0.05) is 35.8 Å². The van der Waals surface area contributed by atoms with Crippen molar-refractivity contribution in [2.75, 3.05) is 18.8 Å². The molecule has 2 aliphatic heterocycles. The first-order chi connectivity index (χ1) is 9.38. The third-order valence-corrected chi connectivity index (χ3v) is 5.86. The molecule has 3 nitrogen and oxygen atoms in total. The molecule has 2 heterocycles. The van der Waals surface area contributed by atoms with E-state index in [2.05, 4.69) is 28.9 Å². The molecule has 0 bridgehead atoms. The Labute approximate surface area is 128 Å². The predicted octanol–water partition coefficient (Wildman–Crippen LogP) is 2.90. The number of rotatable bonds is 2. The Hall–Kier alpha value is -0.220. The lowest BCUT2D eigenvalue weighted by atomic mass is 9.92. The first-order valence-corrected chi connectivity index (χ1v) is 9.10. The van der Waals surface area contributed by atoms with Crippen LogP contribution in [0.3, 0.4) is 0 Å². The molecule has 0 aromatic carbocycles. The summed E-state index contributed by atoms with van der Waals surface area (Å²) in [6, 6.07) is 1.27. The van der Waals surface area contributed by atoms with Crippen LogP contribution in [0, 0.1) is 5.41 Å². The fourth-order valence-corrected chi connectivity index (χ4v) is 4.32. The molecule has 2 rings (SSSR count). The van der Waals surface area contributed by atoms with Gasteiger partial charge in [0.25, 0.3) is 0 Å². The number of carbonyl (C=O) groups is 1. The molecule has 0 radical (unpaired) electrons. The molecule has 0 aromatic heterocycles. The highest BCUT2D eigenvalue weighted by Gasteiger charge is 2.31. The van der Waals surface area contributed by atoms with Crippen LogP contribution in [0.1, 0.15) is 53.4 Å². The van der Waals surface area contributed by atoms with E-state index in [0.29, 0.717) is 18.0 Å². The number of hydrogen-bond donors (Lipinski definition) is 1. The van der Waals surface area contributed by atoms with Gasteiger partial charge in [0.2, 0.25) is 5.91 Å². The second kappa shape index (κ2) is 6.69. The van der Waals surface area contributed by atoms with E-state index < -0.39 is 0 Å². The Bertz CT molecular complexity index is 332. The minimum atomic E-state index is -0.241. The topological polar surface area (TPSA) is 32.3 Å². The molecule has 2 aliphatic rings. The zero-order valence-electron chi connectivity index (χ0n) is 13.4. The van der Waals surface area contributed by atoms with Crippen molar-refractivity contribution in [2.45, 2.75) is 70.7 Å². The average Bonchev–Trinajstić information content (AvgIpc) is 2.40. The van der Waals surface area contributed by atoms with Gasteiger partial charge in [0.15, 0.2) is 0 Å². The smallest absolute Gasteiger partial charge is 0.227 e. The molecule has 2 saturated heterocycles. The molecule has 0 aliphatic carbocycles. The third kappa shape index (κ3) is 4.14. The van der Waals surface area contributed by atoms with E-state index in [-0.39, 0.29) is 5.41 Å². The minimum absolute atomic E-state index is 0.241. The van der Waals surface area contributed by atoms with Gasteiger partial charge in [-0.3, -0.25) is 4.79 Å². The molecule has 116 valence electrons. The highest BCUT2D eigenvalue weighted by Crippen LogP contribution is 2.27. The Kier molecular flexibility index (Phi) is 5.41. The molecule has 2 unspecified atom stereocenters. The van der Waals surface area contributed by atoms with Crippen molar-refractivity contribution in [3.05, 3.63) is 0 Å². The summed E-state index contributed by atoms with van der Waals surface area (Å²) in [4.78, 5) is 14.3. The lowest BCUT2D eigenvalue weighted by molar-refractivity contribution is -0.140. The maximum absolute atomic E-state index is 12.3. The highest BCUT2D eigenvalue weighted by molar-refractivity contribution is 7.99. The lowest BCUT2D eigenvalue weighted by Crippen LogP contribution is -2.52. The van der Waals surface area contributed by atoms with E-state index in [1.807, 2.05) is 20.8 Å². The van der Waals surface area contributed by atoms with Crippen LogP contribution >= 0.6 is 11.8 Å². The van der Waals surface area contributed by atoms with E-state index >= 15 is 0 Å². The largest absolute Gasteiger partial charge is 0.342 e. The van der Waals surface area contributed by atoms with Crippen LogP contribution in [-0.4, -0.2) is 47.0 Å². The molecule has 0 aromatic rings. The molecule has 1 N–H and O–H groups in total. The maximum Gasteiger partial charge on any atom is 0.227 e. The second-order valence-electron chi connectivity index (χ2n) is 7.31. The fraction of sp³-hybridized carbons (Fsp3) is 0.938. The summed E-state index contributed by atoms with van der Waals surface area (Å²) < 4.78 is 0. The van der Waals surface area contributed by atoms with Gasteiger partial charge in [-0.15, -0.1) is 0 Å². The number of hydrogen-bond acceptors (Lipinski definition) is 3. The van der Waals surface area contributed by atoms with Gasteiger partial charge in [0.05, 0.1) is 0 Å². The Morgan fingerprint density at radius 1 is 1.20 bits per heavy atom. The number of amides is 1.